The Labute approximate surface area is 126 Å². The largest absolute Gasteiger partial charge is 0.500 e. The van der Waals surface area contributed by atoms with E-state index in [-0.39, 0.29) is 13.1 Å². The highest BCUT2D eigenvalue weighted by atomic mass is 28.4. The number of ether oxygens (including phenoxy) is 2. The van der Waals surface area contributed by atoms with Gasteiger partial charge in [-0.25, -0.2) is 0 Å². The molecule has 0 N–H and O–H groups in total. The van der Waals surface area contributed by atoms with E-state index in [1.807, 2.05) is 0 Å². The van der Waals surface area contributed by atoms with Crippen LogP contribution in [0.25, 0.3) is 0 Å². The van der Waals surface area contributed by atoms with E-state index in [1.165, 1.54) is 14.2 Å². The van der Waals surface area contributed by atoms with Crippen LogP contribution in [0.2, 0.25) is 6.04 Å². The van der Waals surface area contributed by atoms with Crippen LogP contribution in [0.15, 0.2) is 0 Å². The van der Waals surface area contributed by atoms with Crippen molar-refractivity contribution >= 4 is 20.7 Å². The Morgan fingerprint density at radius 1 is 0.857 bits per heavy atom. The Morgan fingerprint density at radius 2 is 1.29 bits per heavy atom. The van der Waals surface area contributed by atoms with Crippen LogP contribution in [0.3, 0.4) is 0 Å². The van der Waals surface area contributed by atoms with Gasteiger partial charge in [-0.2, -0.15) is 0 Å². The van der Waals surface area contributed by atoms with E-state index in [2.05, 4.69) is 9.47 Å². The first-order chi connectivity index (χ1) is 9.96. The average molecular weight is 323 g/mol. The molecule has 0 atom stereocenters. The molecule has 8 nitrogen and oxygen atoms in total. The van der Waals surface area contributed by atoms with Gasteiger partial charge in [0.15, 0.2) is 0 Å². The molecule has 0 heterocycles. The van der Waals surface area contributed by atoms with Crippen molar-refractivity contribution in [2.75, 3.05) is 55.2 Å². The van der Waals surface area contributed by atoms with Crippen LogP contribution in [0.4, 0.5) is 0 Å². The van der Waals surface area contributed by atoms with Crippen LogP contribution < -0.4 is 0 Å². The van der Waals surface area contributed by atoms with Crippen LogP contribution in [0.1, 0.15) is 6.42 Å². The van der Waals surface area contributed by atoms with Gasteiger partial charge >= 0.3 is 20.7 Å². The molecule has 0 aromatic heterocycles. The minimum Gasteiger partial charge on any atom is -0.468 e. The lowest BCUT2D eigenvalue weighted by Gasteiger charge is -2.26. The van der Waals surface area contributed by atoms with Gasteiger partial charge in [0.25, 0.3) is 0 Å². The van der Waals surface area contributed by atoms with Crippen LogP contribution in [-0.2, 0) is 32.3 Å². The summed E-state index contributed by atoms with van der Waals surface area (Å²) in [5.74, 6) is -0.819. The number of rotatable bonds is 11. The second-order valence-electron chi connectivity index (χ2n) is 4.26. The molecule has 9 heteroatoms. The van der Waals surface area contributed by atoms with E-state index in [1.54, 1.807) is 26.2 Å². The molecule has 0 aliphatic rings. The standard InChI is InChI=1S/C12H25NO7Si/c1-16-11(14)9-13(10-12(15)17-2)7-6-8-21(18-3,19-4)20-5/h6-10H2,1-5H3. The minimum absolute atomic E-state index is 0.0209. The minimum atomic E-state index is -2.64. The fourth-order valence-electron chi connectivity index (χ4n) is 1.78. The molecule has 124 valence electrons. The molecule has 21 heavy (non-hydrogen) atoms. The number of hydrogen-bond acceptors (Lipinski definition) is 8. The number of hydrogen-bond donors (Lipinski definition) is 0. The zero-order valence-electron chi connectivity index (χ0n) is 13.3. The summed E-state index contributed by atoms with van der Waals surface area (Å²) in [7, 11) is 4.59. The quantitative estimate of drug-likeness (QED) is 0.385. The van der Waals surface area contributed by atoms with Crippen molar-refractivity contribution in [1.82, 2.24) is 4.90 Å². The molecule has 0 unspecified atom stereocenters. The second-order valence-corrected chi connectivity index (χ2v) is 7.35. The Bertz CT molecular complexity index is 296. The van der Waals surface area contributed by atoms with Crippen molar-refractivity contribution in [2.45, 2.75) is 12.5 Å². The third-order valence-corrected chi connectivity index (χ3v) is 5.88. The first-order valence-electron chi connectivity index (χ1n) is 6.48. The van der Waals surface area contributed by atoms with Crippen molar-refractivity contribution in [2.24, 2.45) is 0 Å². The molecule has 0 aliphatic carbocycles. The van der Waals surface area contributed by atoms with Gasteiger partial charge in [-0.15, -0.1) is 0 Å². The van der Waals surface area contributed by atoms with Crippen molar-refractivity contribution < 1.29 is 32.3 Å². The van der Waals surface area contributed by atoms with Gasteiger partial charge in [-0.05, 0) is 13.0 Å². The average Bonchev–Trinajstić information content (AvgIpc) is 2.51. The summed E-state index contributed by atoms with van der Waals surface area (Å²) in [6.07, 6.45) is 0.649. The number of carbonyl (C=O) groups is 2. The van der Waals surface area contributed by atoms with Gasteiger partial charge in [0.1, 0.15) is 0 Å². The second kappa shape index (κ2) is 10.7. The zero-order valence-corrected chi connectivity index (χ0v) is 14.3. The van der Waals surface area contributed by atoms with Gasteiger partial charge in [-0.3, -0.25) is 14.5 Å². The molecule has 0 bridgehead atoms. The predicted octanol–water partition coefficient (Wildman–Crippen LogP) is -0.0974. The Hall–Kier alpha value is -1.00. The van der Waals surface area contributed by atoms with Crippen molar-refractivity contribution in [3.63, 3.8) is 0 Å². The van der Waals surface area contributed by atoms with Crippen LogP contribution in [-0.4, -0.2) is 80.8 Å². The van der Waals surface area contributed by atoms with E-state index < -0.39 is 20.7 Å². The lowest BCUT2D eigenvalue weighted by Crippen LogP contribution is -2.44. The highest BCUT2D eigenvalue weighted by molar-refractivity contribution is 6.60. The number of esters is 2. The summed E-state index contributed by atoms with van der Waals surface area (Å²) < 4.78 is 25.2. The Balaban J connectivity index is 4.46. The third-order valence-electron chi connectivity index (χ3n) is 3.05. The number of nitrogens with zero attached hydrogens (tertiary/aromatic N) is 1. The van der Waals surface area contributed by atoms with E-state index in [0.29, 0.717) is 19.0 Å². The fourth-order valence-corrected chi connectivity index (χ4v) is 3.49. The number of carbonyl (C=O) groups excluding carboxylic acids is 2. The third kappa shape index (κ3) is 7.53. The topological polar surface area (TPSA) is 83.5 Å². The van der Waals surface area contributed by atoms with Crippen molar-refractivity contribution in [3.05, 3.63) is 0 Å². The SMILES string of the molecule is COC(=O)CN(CCC[Si](OC)(OC)OC)CC(=O)OC. The maximum Gasteiger partial charge on any atom is 0.500 e. The van der Waals surface area contributed by atoms with E-state index >= 15 is 0 Å². The molecule has 0 spiro atoms. The van der Waals surface area contributed by atoms with Crippen LogP contribution in [0.5, 0.6) is 0 Å². The van der Waals surface area contributed by atoms with Crippen LogP contribution in [0, 0.1) is 0 Å². The summed E-state index contributed by atoms with van der Waals surface area (Å²) in [6.45, 7) is 0.537. The summed E-state index contributed by atoms with van der Waals surface area (Å²) in [6, 6.07) is 0.579. The summed E-state index contributed by atoms with van der Waals surface area (Å²) in [5.41, 5.74) is 0. The highest BCUT2D eigenvalue weighted by Crippen LogP contribution is 2.15. The fraction of sp³-hybridized carbons (Fsp3) is 0.833. The lowest BCUT2D eigenvalue weighted by atomic mass is 10.4. The summed E-state index contributed by atoms with van der Waals surface area (Å²) >= 11 is 0. The summed E-state index contributed by atoms with van der Waals surface area (Å²) in [5, 5.41) is 0. The predicted molar refractivity (Wildman–Crippen MR) is 76.7 cm³/mol. The molecule has 0 aromatic rings. The van der Waals surface area contributed by atoms with Gasteiger partial charge < -0.3 is 22.8 Å². The molecule has 0 amide bonds. The normalized spacial score (nSPS) is 11.5. The van der Waals surface area contributed by atoms with Gasteiger partial charge in [0, 0.05) is 27.4 Å². The van der Waals surface area contributed by atoms with Crippen LogP contribution >= 0.6 is 0 Å². The van der Waals surface area contributed by atoms with E-state index in [0.717, 1.165) is 0 Å². The first kappa shape index (κ1) is 20.0. The molecule has 0 aromatic carbocycles. The molecule has 0 saturated carbocycles. The molecular formula is C12H25NO7Si. The van der Waals surface area contributed by atoms with E-state index in [4.69, 9.17) is 13.3 Å². The van der Waals surface area contributed by atoms with Gasteiger partial charge in [0.2, 0.25) is 0 Å². The van der Waals surface area contributed by atoms with Gasteiger partial charge in [0.05, 0.1) is 27.3 Å². The molecule has 0 saturated heterocycles. The molecular weight excluding hydrogens is 298 g/mol. The molecule has 0 aliphatic heterocycles. The molecule has 0 rings (SSSR count). The Kier molecular flexibility index (Phi) is 10.2. The first-order valence-corrected chi connectivity index (χ1v) is 8.41. The maximum atomic E-state index is 11.3. The van der Waals surface area contributed by atoms with Crippen molar-refractivity contribution in [3.8, 4) is 0 Å². The summed E-state index contributed by atoms with van der Waals surface area (Å²) in [4.78, 5) is 24.3. The monoisotopic (exact) mass is 323 g/mol. The van der Waals surface area contributed by atoms with E-state index in [9.17, 15) is 9.59 Å². The van der Waals surface area contributed by atoms with Crippen molar-refractivity contribution in [1.29, 1.82) is 0 Å². The zero-order chi connectivity index (χ0) is 16.3. The molecule has 0 radical (unpaired) electrons. The number of methoxy groups -OCH3 is 2. The maximum absolute atomic E-state index is 11.3. The smallest absolute Gasteiger partial charge is 0.468 e. The van der Waals surface area contributed by atoms with Gasteiger partial charge in [-0.1, -0.05) is 0 Å². The Morgan fingerprint density at radius 3 is 1.62 bits per heavy atom. The molecule has 0 fully saturated rings. The highest BCUT2D eigenvalue weighted by Gasteiger charge is 2.37. The lowest BCUT2D eigenvalue weighted by molar-refractivity contribution is -0.145.